The number of ether oxygens (including phenoxy) is 1. The molecule has 0 unspecified atom stereocenters. The van der Waals surface area contributed by atoms with Crippen LogP contribution in [0.25, 0.3) is 11.0 Å². The van der Waals surface area contributed by atoms with Gasteiger partial charge in [-0.2, -0.15) is 0 Å². The zero-order valence-corrected chi connectivity index (χ0v) is 13.5. The van der Waals surface area contributed by atoms with Gasteiger partial charge in [0, 0.05) is 27.3 Å². The quantitative estimate of drug-likeness (QED) is 0.733. The van der Waals surface area contributed by atoms with Crippen molar-refractivity contribution in [3.05, 3.63) is 33.1 Å². The van der Waals surface area contributed by atoms with Crippen LogP contribution in [-0.4, -0.2) is 38.8 Å². The monoisotopic (exact) mass is 333 g/mol. The zero-order chi connectivity index (χ0) is 17.5. The minimum atomic E-state index is -0.998. The lowest BCUT2D eigenvalue weighted by Crippen LogP contribution is -2.54. The van der Waals surface area contributed by atoms with Gasteiger partial charge in [0.1, 0.15) is 11.2 Å². The van der Waals surface area contributed by atoms with Crippen molar-refractivity contribution in [2.24, 2.45) is 19.8 Å². The smallest absolute Gasteiger partial charge is 0.332 e. The number of fused-ring (bicyclic) bond motifs is 1. The lowest BCUT2D eigenvalue weighted by Gasteiger charge is -2.31. The van der Waals surface area contributed by atoms with Gasteiger partial charge in [-0.05, 0) is 18.9 Å². The molecular weight excluding hydrogens is 314 g/mol. The van der Waals surface area contributed by atoms with Crippen molar-refractivity contribution in [1.29, 1.82) is 0 Å². The van der Waals surface area contributed by atoms with Gasteiger partial charge in [0.15, 0.2) is 0 Å². The topological polar surface area (TPSA) is 121 Å². The van der Waals surface area contributed by atoms with E-state index >= 15 is 0 Å². The summed E-state index contributed by atoms with van der Waals surface area (Å²) in [5.41, 5.74) is 4.83. The average molecular weight is 333 g/mol. The van der Waals surface area contributed by atoms with Crippen LogP contribution in [0.1, 0.15) is 12.8 Å². The molecule has 9 nitrogen and oxygen atoms in total. The van der Waals surface area contributed by atoms with Crippen LogP contribution < -0.4 is 22.3 Å². The summed E-state index contributed by atoms with van der Waals surface area (Å²) in [5.74, 6) is -0.339. The number of nitrogens with one attached hydrogen (secondary N) is 1. The molecule has 3 rings (SSSR count). The van der Waals surface area contributed by atoms with E-state index in [1.54, 1.807) is 0 Å². The second-order valence-electron chi connectivity index (χ2n) is 6.02. The number of nitrogens with zero attached hydrogens (tertiary/aromatic N) is 3. The summed E-state index contributed by atoms with van der Waals surface area (Å²) in [7, 11) is 2.93. The molecule has 1 saturated heterocycles. The van der Waals surface area contributed by atoms with Crippen LogP contribution in [-0.2, 0) is 23.6 Å². The van der Waals surface area contributed by atoms with Gasteiger partial charge in [-0.1, -0.05) is 0 Å². The first-order valence-corrected chi connectivity index (χ1v) is 7.57. The number of hydrogen-bond donors (Lipinski definition) is 2. The number of hydrogen-bond acceptors (Lipinski definition) is 6. The van der Waals surface area contributed by atoms with Crippen LogP contribution in [0, 0.1) is 0 Å². The molecule has 1 aliphatic rings. The van der Waals surface area contributed by atoms with Gasteiger partial charge in [-0.25, -0.2) is 9.78 Å². The molecular formula is C15H19N5O4. The highest BCUT2D eigenvalue weighted by Crippen LogP contribution is 2.20. The second kappa shape index (κ2) is 5.84. The molecule has 0 bridgehead atoms. The van der Waals surface area contributed by atoms with Crippen LogP contribution in [0.5, 0.6) is 0 Å². The highest BCUT2D eigenvalue weighted by molar-refractivity contribution is 5.99. The molecule has 2 aromatic rings. The van der Waals surface area contributed by atoms with Crippen LogP contribution in [0.3, 0.4) is 0 Å². The van der Waals surface area contributed by atoms with Crippen molar-refractivity contribution < 1.29 is 9.53 Å². The maximum absolute atomic E-state index is 12.4. The molecule has 0 spiro atoms. The fourth-order valence-electron chi connectivity index (χ4n) is 2.75. The van der Waals surface area contributed by atoms with E-state index in [-0.39, 0.29) is 16.9 Å². The molecule has 2 aromatic heterocycles. The summed E-state index contributed by atoms with van der Waals surface area (Å²) in [6, 6.07) is 1.50. The Bertz CT molecular complexity index is 924. The summed E-state index contributed by atoms with van der Waals surface area (Å²) < 4.78 is 7.51. The van der Waals surface area contributed by atoms with Crippen molar-refractivity contribution in [2.75, 3.05) is 18.5 Å². The highest BCUT2D eigenvalue weighted by Gasteiger charge is 2.36. The molecule has 0 radical (unpaired) electrons. The van der Waals surface area contributed by atoms with E-state index in [1.165, 1.54) is 30.9 Å². The Hall–Kier alpha value is -2.52. The van der Waals surface area contributed by atoms with Crippen LogP contribution in [0.15, 0.2) is 21.9 Å². The number of aromatic nitrogens is 3. The van der Waals surface area contributed by atoms with E-state index in [2.05, 4.69) is 10.3 Å². The van der Waals surface area contributed by atoms with Gasteiger partial charge < -0.3 is 15.8 Å². The van der Waals surface area contributed by atoms with Gasteiger partial charge in [0.25, 0.3) is 5.56 Å². The fourth-order valence-corrected chi connectivity index (χ4v) is 2.75. The molecule has 0 aromatic carbocycles. The first-order chi connectivity index (χ1) is 11.3. The number of nitrogens with two attached hydrogens (primary N) is 1. The molecule has 0 aliphatic carbocycles. The Morgan fingerprint density at radius 3 is 2.62 bits per heavy atom. The summed E-state index contributed by atoms with van der Waals surface area (Å²) in [6.07, 6.45) is 2.26. The van der Waals surface area contributed by atoms with Gasteiger partial charge in [0.2, 0.25) is 5.91 Å². The van der Waals surface area contributed by atoms with Crippen molar-refractivity contribution in [2.45, 2.75) is 18.4 Å². The number of anilines is 1. The fraction of sp³-hybridized carbons (Fsp3) is 0.467. The summed E-state index contributed by atoms with van der Waals surface area (Å²) in [5, 5.41) is 2.95. The van der Waals surface area contributed by atoms with Crippen molar-refractivity contribution in [3.8, 4) is 0 Å². The number of carbonyl (C=O) groups excluding carboxylic acids is 1. The van der Waals surface area contributed by atoms with Gasteiger partial charge >= 0.3 is 5.69 Å². The molecule has 1 amide bonds. The maximum Gasteiger partial charge on any atom is 0.332 e. The van der Waals surface area contributed by atoms with Crippen molar-refractivity contribution in [1.82, 2.24) is 14.1 Å². The molecule has 3 N–H and O–H groups in total. The summed E-state index contributed by atoms with van der Waals surface area (Å²) in [4.78, 5) is 40.7. The molecule has 128 valence electrons. The second-order valence-corrected chi connectivity index (χ2v) is 6.02. The third-order valence-electron chi connectivity index (χ3n) is 4.39. The van der Waals surface area contributed by atoms with Crippen LogP contribution in [0.4, 0.5) is 5.69 Å². The van der Waals surface area contributed by atoms with E-state index in [4.69, 9.17) is 10.5 Å². The SMILES string of the molecule is Cn1c(=O)c2cc(NC(=O)C3(N)CCOCC3)cnc2n(C)c1=O. The molecule has 0 atom stereocenters. The highest BCUT2D eigenvalue weighted by atomic mass is 16.5. The molecule has 9 heteroatoms. The van der Waals surface area contributed by atoms with Crippen LogP contribution in [0.2, 0.25) is 0 Å². The van der Waals surface area contributed by atoms with E-state index in [0.29, 0.717) is 31.7 Å². The third-order valence-corrected chi connectivity index (χ3v) is 4.39. The van der Waals surface area contributed by atoms with E-state index in [9.17, 15) is 14.4 Å². The summed E-state index contributed by atoms with van der Waals surface area (Å²) >= 11 is 0. The Morgan fingerprint density at radius 2 is 1.96 bits per heavy atom. The Morgan fingerprint density at radius 1 is 1.29 bits per heavy atom. The van der Waals surface area contributed by atoms with Crippen molar-refractivity contribution in [3.63, 3.8) is 0 Å². The number of rotatable bonds is 2. The summed E-state index contributed by atoms with van der Waals surface area (Å²) in [6.45, 7) is 0.866. The largest absolute Gasteiger partial charge is 0.381 e. The molecule has 0 saturated carbocycles. The number of pyridine rings is 1. The lowest BCUT2D eigenvalue weighted by atomic mass is 9.90. The number of aryl methyl sites for hydroxylation is 1. The van der Waals surface area contributed by atoms with E-state index in [1.807, 2.05) is 0 Å². The van der Waals surface area contributed by atoms with E-state index < -0.39 is 16.8 Å². The zero-order valence-electron chi connectivity index (χ0n) is 13.5. The molecule has 3 heterocycles. The first-order valence-electron chi connectivity index (χ1n) is 7.57. The number of amides is 1. The molecule has 1 fully saturated rings. The first kappa shape index (κ1) is 16.3. The number of carbonyl (C=O) groups is 1. The molecule has 1 aliphatic heterocycles. The van der Waals surface area contributed by atoms with E-state index in [0.717, 1.165) is 4.57 Å². The predicted octanol–water partition coefficient (Wildman–Crippen LogP) is -0.921. The van der Waals surface area contributed by atoms with Crippen LogP contribution >= 0.6 is 0 Å². The lowest BCUT2D eigenvalue weighted by molar-refractivity contribution is -0.124. The third kappa shape index (κ3) is 2.61. The molecule has 24 heavy (non-hydrogen) atoms. The van der Waals surface area contributed by atoms with Gasteiger partial charge in [-0.3, -0.25) is 18.7 Å². The minimum Gasteiger partial charge on any atom is -0.381 e. The average Bonchev–Trinajstić information content (AvgIpc) is 2.58. The van der Waals surface area contributed by atoms with Gasteiger partial charge in [0.05, 0.1) is 17.3 Å². The Labute approximate surface area is 137 Å². The minimum absolute atomic E-state index is 0.246. The Balaban J connectivity index is 1.98. The normalized spacial score (nSPS) is 17.0. The van der Waals surface area contributed by atoms with Crippen molar-refractivity contribution >= 4 is 22.6 Å². The predicted molar refractivity (Wildman–Crippen MR) is 87.8 cm³/mol. The maximum atomic E-state index is 12.4. The standard InChI is InChI=1S/C15H19N5O4/c1-19-11-10(12(21)20(2)14(19)23)7-9(8-17-11)18-13(22)15(16)3-5-24-6-4-15/h7-8H,3-6,16H2,1-2H3,(H,18,22). The Kier molecular flexibility index (Phi) is 3.98. The van der Waals surface area contributed by atoms with Gasteiger partial charge in [-0.15, -0.1) is 0 Å².